The van der Waals surface area contributed by atoms with Crippen molar-refractivity contribution in [1.82, 2.24) is 4.98 Å². The Balaban J connectivity index is 3.00. The molecule has 1 aromatic heterocycles. The Kier molecular flexibility index (Phi) is 4.51. The smallest absolute Gasteiger partial charge is 0.412 e. The summed E-state index contributed by atoms with van der Waals surface area (Å²) in [5.41, 5.74) is 1.56. The van der Waals surface area contributed by atoms with Crippen LogP contribution in [-0.4, -0.2) is 16.7 Å². The molecule has 0 bridgehead atoms. The van der Waals surface area contributed by atoms with Crippen molar-refractivity contribution in [1.29, 1.82) is 0 Å². The number of hydrogen-bond donors (Lipinski definition) is 1. The molecule has 1 heterocycles. The number of pyridine rings is 1. The Bertz CT molecular complexity index is 479. The van der Waals surface area contributed by atoms with Crippen molar-refractivity contribution >= 4 is 33.8 Å². The second-order valence-corrected chi connectivity index (χ2v) is 5.68. The summed E-state index contributed by atoms with van der Waals surface area (Å²) in [6.07, 6.45) is 2.76. The molecule has 0 saturated carbocycles. The molecular weight excluding hydrogens is 296 g/mol. The van der Waals surface area contributed by atoms with E-state index >= 15 is 0 Å². The van der Waals surface area contributed by atoms with Gasteiger partial charge in [0.1, 0.15) is 5.60 Å². The minimum Gasteiger partial charge on any atom is -0.444 e. The van der Waals surface area contributed by atoms with Crippen LogP contribution in [0.1, 0.15) is 32.0 Å². The number of nitrogens with zero attached hydrogens (tertiary/aromatic N) is 1. The van der Waals surface area contributed by atoms with Crippen molar-refractivity contribution < 1.29 is 9.53 Å². The molecule has 98 valence electrons. The number of carbonyl (C=O) groups excluding carboxylic acids is 1. The van der Waals surface area contributed by atoms with E-state index in [4.69, 9.17) is 4.74 Å². The molecule has 0 aliphatic heterocycles. The summed E-state index contributed by atoms with van der Waals surface area (Å²) in [4.78, 5) is 15.9. The Labute approximate surface area is 116 Å². The SMILES string of the molecule is C=Cc1ncc(Br)c(C)c1NC(=O)OC(C)(C)C. The summed E-state index contributed by atoms with van der Waals surface area (Å²) in [5.74, 6) is 0. The highest BCUT2D eigenvalue weighted by Crippen LogP contribution is 2.27. The predicted octanol–water partition coefficient (Wildman–Crippen LogP) is 4.14. The molecule has 1 aromatic rings. The van der Waals surface area contributed by atoms with Crippen LogP contribution in [0.5, 0.6) is 0 Å². The molecule has 5 heteroatoms. The van der Waals surface area contributed by atoms with E-state index < -0.39 is 11.7 Å². The Morgan fingerprint density at radius 3 is 2.67 bits per heavy atom. The van der Waals surface area contributed by atoms with Gasteiger partial charge in [-0.25, -0.2) is 4.79 Å². The van der Waals surface area contributed by atoms with Gasteiger partial charge in [-0.05, 0) is 55.3 Å². The van der Waals surface area contributed by atoms with Crippen molar-refractivity contribution in [2.24, 2.45) is 0 Å². The van der Waals surface area contributed by atoms with Crippen LogP contribution in [0.4, 0.5) is 10.5 Å². The minimum atomic E-state index is -0.536. The Morgan fingerprint density at radius 2 is 2.17 bits per heavy atom. The van der Waals surface area contributed by atoms with Crippen molar-refractivity contribution in [3.63, 3.8) is 0 Å². The molecule has 0 aliphatic carbocycles. The van der Waals surface area contributed by atoms with E-state index in [-0.39, 0.29) is 0 Å². The third kappa shape index (κ3) is 3.84. The lowest BCUT2D eigenvalue weighted by Crippen LogP contribution is -2.27. The average molecular weight is 313 g/mol. The van der Waals surface area contributed by atoms with E-state index in [0.717, 1.165) is 10.0 Å². The lowest BCUT2D eigenvalue weighted by Gasteiger charge is -2.20. The van der Waals surface area contributed by atoms with Crippen LogP contribution in [0, 0.1) is 6.92 Å². The van der Waals surface area contributed by atoms with Gasteiger partial charge in [0.25, 0.3) is 0 Å². The summed E-state index contributed by atoms with van der Waals surface area (Å²) in [7, 11) is 0. The van der Waals surface area contributed by atoms with Crippen LogP contribution < -0.4 is 5.32 Å². The minimum absolute atomic E-state index is 0.506. The van der Waals surface area contributed by atoms with Gasteiger partial charge in [0.15, 0.2) is 0 Å². The van der Waals surface area contributed by atoms with Crippen LogP contribution in [0.3, 0.4) is 0 Å². The Morgan fingerprint density at radius 1 is 1.56 bits per heavy atom. The number of carbonyl (C=O) groups is 1. The average Bonchev–Trinajstić information content (AvgIpc) is 2.22. The number of anilines is 1. The predicted molar refractivity (Wildman–Crippen MR) is 76.6 cm³/mol. The van der Waals surface area contributed by atoms with Gasteiger partial charge in [0.05, 0.1) is 11.4 Å². The molecule has 0 aliphatic rings. The molecule has 0 fully saturated rings. The van der Waals surface area contributed by atoms with Crippen LogP contribution >= 0.6 is 15.9 Å². The lowest BCUT2D eigenvalue weighted by molar-refractivity contribution is 0.0635. The maximum absolute atomic E-state index is 11.7. The first-order valence-corrected chi connectivity index (χ1v) is 6.31. The van der Waals surface area contributed by atoms with E-state index in [9.17, 15) is 4.79 Å². The van der Waals surface area contributed by atoms with Crippen LogP contribution in [0.15, 0.2) is 17.2 Å². The molecule has 0 aromatic carbocycles. The van der Waals surface area contributed by atoms with E-state index in [1.54, 1.807) is 12.3 Å². The molecule has 1 rings (SSSR count). The number of aromatic nitrogens is 1. The molecular formula is C13H17BrN2O2. The maximum Gasteiger partial charge on any atom is 0.412 e. The molecule has 1 amide bonds. The van der Waals surface area contributed by atoms with Gasteiger partial charge in [0, 0.05) is 10.7 Å². The number of halogens is 1. The van der Waals surface area contributed by atoms with Crippen LogP contribution in [-0.2, 0) is 4.74 Å². The monoisotopic (exact) mass is 312 g/mol. The number of hydrogen-bond acceptors (Lipinski definition) is 3. The van der Waals surface area contributed by atoms with Gasteiger partial charge in [0.2, 0.25) is 0 Å². The largest absolute Gasteiger partial charge is 0.444 e. The first-order chi connectivity index (χ1) is 8.24. The summed E-state index contributed by atoms with van der Waals surface area (Å²) in [6.45, 7) is 11.0. The standard InChI is InChI=1S/C13H17BrN2O2/c1-6-10-11(8(2)9(14)7-15-10)16-12(17)18-13(3,4)5/h6-7H,1H2,2-5H3,(H,16,17). The first-order valence-electron chi connectivity index (χ1n) is 5.52. The van der Waals surface area contributed by atoms with Gasteiger partial charge in [-0.15, -0.1) is 0 Å². The first kappa shape index (κ1) is 14.7. The lowest BCUT2D eigenvalue weighted by atomic mass is 10.2. The second-order valence-electron chi connectivity index (χ2n) is 4.82. The number of amides is 1. The van der Waals surface area contributed by atoms with Gasteiger partial charge < -0.3 is 4.74 Å². The van der Waals surface area contributed by atoms with E-state index in [1.165, 1.54) is 0 Å². The van der Waals surface area contributed by atoms with Crippen LogP contribution in [0.2, 0.25) is 0 Å². The van der Waals surface area contributed by atoms with E-state index in [1.807, 2.05) is 27.7 Å². The van der Waals surface area contributed by atoms with Gasteiger partial charge in [-0.2, -0.15) is 0 Å². The third-order valence-electron chi connectivity index (χ3n) is 2.13. The zero-order chi connectivity index (χ0) is 13.9. The number of rotatable bonds is 2. The normalized spacial score (nSPS) is 10.9. The maximum atomic E-state index is 11.7. The summed E-state index contributed by atoms with van der Waals surface area (Å²) in [5, 5.41) is 2.70. The van der Waals surface area contributed by atoms with Crippen molar-refractivity contribution in [2.45, 2.75) is 33.3 Å². The summed E-state index contributed by atoms with van der Waals surface area (Å²) >= 11 is 3.37. The highest BCUT2D eigenvalue weighted by molar-refractivity contribution is 9.10. The van der Waals surface area contributed by atoms with E-state index in [2.05, 4.69) is 32.8 Å². The number of ether oxygens (including phenoxy) is 1. The molecule has 1 N–H and O–H groups in total. The quantitative estimate of drug-likeness (QED) is 0.892. The van der Waals surface area contributed by atoms with Crippen molar-refractivity contribution in [3.8, 4) is 0 Å². The molecule has 4 nitrogen and oxygen atoms in total. The zero-order valence-electron chi connectivity index (χ0n) is 11.0. The number of nitrogens with one attached hydrogen (secondary N) is 1. The molecule has 0 atom stereocenters. The molecule has 0 saturated heterocycles. The van der Waals surface area contributed by atoms with Gasteiger partial charge in [-0.3, -0.25) is 10.3 Å². The molecule has 0 radical (unpaired) electrons. The van der Waals surface area contributed by atoms with Crippen molar-refractivity contribution in [2.75, 3.05) is 5.32 Å². The highest BCUT2D eigenvalue weighted by atomic mass is 79.9. The Hall–Kier alpha value is -1.36. The third-order valence-corrected chi connectivity index (χ3v) is 2.93. The fraction of sp³-hybridized carbons (Fsp3) is 0.385. The highest BCUT2D eigenvalue weighted by Gasteiger charge is 2.18. The zero-order valence-corrected chi connectivity index (χ0v) is 12.6. The molecule has 18 heavy (non-hydrogen) atoms. The van der Waals surface area contributed by atoms with E-state index in [0.29, 0.717) is 11.4 Å². The van der Waals surface area contributed by atoms with Crippen molar-refractivity contribution in [3.05, 3.63) is 28.5 Å². The second kappa shape index (κ2) is 5.52. The summed E-state index contributed by atoms with van der Waals surface area (Å²) in [6, 6.07) is 0. The fourth-order valence-electron chi connectivity index (χ4n) is 1.32. The summed E-state index contributed by atoms with van der Waals surface area (Å²) < 4.78 is 6.03. The topological polar surface area (TPSA) is 51.2 Å². The molecule has 0 spiro atoms. The molecule has 0 unspecified atom stereocenters. The van der Waals surface area contributed by atoms with Gasteiger partial charge in [-0.1, -0.05) is 6.58 Å². The van der Waals surface area contributed by atoms with Crippen LogP contribution in [0.25, 0.3) is 6.08 Å². The fourth-order valence-corrected chi connectivity index (χ4v) is 1.62. The van der Waals surface area contributed by atoms with Gasteiger partial charge >= 0.3 is 6.09 Å².